The van der Waals surface area contributed by atoms with E-state index in [1.54, 1.807) is 12.3 Å². The van der Waals surface area contributed by atoms with Gasteiger partial charge in [-0.3, -0.25) is 4.79 Å². The molecule has 6 heteroatoms. The van der Waals surface area contributed by atoms with Crippen LogP contribution >= 0.6 is 11.8 Å². The lowest BCUT2D eigenvalue weighted by molar-refractivity contribution is -0.120. The summed E-state index contributed by atoms with van der Waals surface area (Å²) in [6, 6.07) is 3.62. The van der Waals surface area contributed by atoms with Crippen LogP contribution < -0.4 is 5.32 Å². The molecule has 0 fully saturated rings. The van der Waals surface area contributed by atoms with Gasteiger partial charge in [0.15, 0.2) is 11.2 Å². The second-order valence-electron chi connectivity index (χ2n) is 4.46. The third-order valence-corrected chi connectivity index (χ3v) is 4.09. The third-order valence-electron chi connectivity index (χ3n) is 2.88. The summed E-state index contributed by atoms with van der Waals surface area (Å²) in [4.78, 5) is 20.5. The third kappa shape index (κ3) is 3.72. The molecule has 0 bridgehead atoms. The van der Waals surface area contributed by atoms with Crippen molar-refractivity contribution in [2.45, 2.75) is 43.6 Å². The van der Waals surface area contributed by atoms with Crippen LogP contribution in [-0.2, 0) is 4.79 Å². The van der Waals surface area contributed by atoms with Crippen LogP contribution in [-0.4, -0.2) is 27.7 Å². The Labute approximate surface area is 122 Å². The normalized spacial score (nSPS) is 12.5. The maximum absolute atomic E-state index is 12.1. The Hall–Kier alpha value is -1.56. The van der Waals surface area contributed by atoms with E-state index in [2.05, 4.69) is 22.2 Å². The Morgan fingerprint density at radius 1 is 1.50 bits per heavy atom. The van der Waals surface area contributed by atoms with Crippen LogP contribution in [0.1, 0.15) is 33.1 Å². The van der Waals surface area contributed by atoms with Crippen molar-refractivity contribution in [2.24, 2.45) is 0 Å². The Bertz CT molecular complexity index is 537. The molecule has 1 N–H and O–H groups in total. The molecule has 2 aromatic rings. The highest BCUT2D eigenvalue weighted by Crippen LogP contribution is 2.27. The van der Waals surface area contributed by atoms with Crippen LogP contribution in [0.25, 0.3) is 11.2 Å². The van der Waals surface area contributed by atoms with E-state index in [0.717, 1.165) is 25.8 Å². The molecule has 108 valence electrons. The molecule has 5 nitrogen and oxygen atoms in total. The predicted molar refractivity (Wildman–Crippen MR) is 79.7 cm³/mol. The summed E-state index contributed by atoms with van der Waals surface area (Å²) >= 11 is 1.35. The van der Waals surface area contributed by atoms with Crippen LogP contribution in [0.5, 0.6) is 0 Å². The number of unbranched alkanes of at least 4 members (excludes halogenated alkanes) is 1. The minimum atomic E-state index is -0.181. The fourth-order valence-corrected chi connectivity index (χ4v) is 2.62. The van der Waals surface area contributed by atoms with Gasteiger partial charge in [-0.15, -0.1) is 0 Å². The quantitative estimate of drug-likeness (QED) is 0.628. The van der Waals surface area contributed by atoms with Crippen LogP contribution in [0, 0.1) is 0 Å². The summed E-state index contributed by atoms with van der Waals surface area (Å²) in [6.45, 7) is 4.81. The second kappa shape index (κ2) is 7.28. The zero-order chi connectivity index (χ0) is 14.4. The van der Waals surface area contributed by atoms with Gasteiger partial charge in [-0.25, -0.2) is 4.98 Å². The average molecular weight is 293 g/mol. The van der Waals surface area contributed by atoms with E-state index in [9.17, 15) is 4.79 Å². The molecule has 2 heterocycles. The van der Waals surface area contributed by atoms with Gasteiger partial charge in [-0.2, -0.15) is 4.98 Å². The minimum Gasteiger partial charge on any atom is -0.430 e. The number of hydrogen-bond acceptors (Lipinski definition) is 5. The van der Waals surface area contributed by atoms with E-state index in [1.807, 2.05) is 13.0 Å². The molecule has 0 saturated carbocycles. The highest BCUT2D eigenvalue weighted by Gasteiger charge is 2.20. The number of carbonyl (C=O) groups is 1. The lowest BCUT2D eigenvalue weighted by atomic mass is 10.3. The molecule has 2 aromatic heterocycles. The van der Waals surface area contributed by atoms with Crippen molar-refractivity contribution in [3.63, 3.8) is 0 Å². The van der Waals surface area contributed by atoms with Crippen molar-refractivity contribution in [1.82, 2.24) is 15.3 Å². The van der Waals surface area contributed by atoms with Crippen molar-refractivity contribution < 1.29 is 9.21 Å². The highest BCUT2D eigenvalue weighted by molar-refractivity contribution is 8.00. The van der Waals surface area contributed by atoms with E-state index >= 15 is 0 Å². The molecule has 20 heavy (non-hydrogen) atoms. The van der Waals surface area contributed by atoms with Gasteiger partial charge < -0.3 is 9.73 Å². The van der Waals surface area contributed by atoms with E-state index in [0.29, 0.717) is 16.5 Å². The van der Waals surface area contributed by atoms with Crippen LogP contribution in [0.15, 0.2) is 28.0 Å². The van der Waals surface area contributed by atoms with Crippen molar-refractivity contribution in [3.8, 4) is 0 Å². The van der Waals surface area contributed by atoms with Gasteiger partial charge in [0.1, 0.15) is 0 Å². The Kier molecular flexibility index (Phi) is 5.40. The minimum absolute atomic E-state index is 0.0427. The molecule has 0 unspecified atom stereocenters. The van der Waals surface area contributed by atoms with Crippen molar-refractivity contribution in [2.75, 3.05) is 6.54 Å². The van der Waals surface area contributed by atoms with E-state index in [-0.39, 0.29) is 11.2 Å². The number of hydrogen-bond donors (Lipinski definition) is 1. The molecular formula is C14H19N3O2S. The highest BCUT2D eigenvalue weighted by atomic mass is 32.2. The number of nitrogens with one attached hydrogen (secondary N) is 1. The van der Waals surface area contributed by atoms with E-state index in [4.69, 9.17) is 4.42 Å². The monoisotopic (exact) mass is 293 g/mol. The number of fused-ring (bicyclic) bond motifs is 1. The number of aromatic nitrogens is 2. The molecule has 0 aliphatic rings. The number of thioether (sulfide) groups is 1. The number of carbonyl (C=O) groups excluding carboxylic acids is 1. The van der Waals surface area contributed by atoms with Gasteiger partial charge in [0, 0.05) is 12.7 Å². The Balaban J connectivity index is 2.00. The van der Waals surface area contributed by atoms with Gasteiger partial charge in [0.05, 0.1) is 5.25 Å². The summed E-state index contributed by atoms with van der Waals surface area (Å²) < 4.78 is 5.59. The van der Waals surface area contributed by atoms with Crippen molar-refractivity contribution in [3.05, 3.63) is 18.3 Å². The van der Waals surface area contributed by atoms with Gasteiger partial charge in [0.25, 0.3) is 5.22 Å². The molecular weight excluding hydrogens is 274 g/mol. The van der Waals surface area contributed by atoms with Gasteiger partial charge in [0.2, 0.25) is 5.91 Å². The zero-order valence-electron chi connectivity index (χ0n) is 11.8. The first kappa shape index (κ1) is 14.8. The maximum atomic E-state index is 12.1. The summed E-state index contributed by atoms with van der Waals surface area (Å²) in [5.41, 5.74) is 1.23. The number of oxazole rings is 1. The van der Waals surface area contributed by atoms with Crippen LogP contribution in [0.4, 0.5) is 0 Å². The zero-order valence-corrected chi connectivity index (χ0v) is 12.6. The molecule has 0 spiro atoms. The van der Waals surface area contributed by atoms with Gasteiger partial charge in [-0.1, -0.05) is 32.0 Å². The fraction of sp³-hybridized carbons (Fsp3) is 0.500. The van der Waals surface area contributed by atoms with Crippen LogP contribution in [0.3, 0.4) is 0 Å². The first-order valence-corrected chi connectivity index (χ1v) is 7.78. The summed E-state index contributed by atoms with van der Waals surface area (Å²) in [5, 5.41) is 3.26. The van der Waals surface area contributed by atoms with Crippen molar-refractivity contribution in [1.29, 1.82) is 0 Å². The predicted octanol–water partition coefficient (Wildman–Crippen LogP) is 3.01. The molecule has 2 rings (SSSR count). The Morgan fingerprint density at radius 3 is 3.05 bits per heavy atom. The van der Waals surface area contributed by atoms with E-state index in [1.165, 1.54) is 11.8 Å². The average Bonchev–Trinajstić information content (AvgIpc) is 2.87. The number of nitrogens with zero attached hydrogens (tertiary/aromatic N) is 2. The molecule has 0 radical (unpaired) electrons. The molecule has 0 aliphatic heterocycles. The van der Waals surface area contributed by atoms with Gasteiger partial charge >= 0.3 is 0 Å². The smallest absolute Gasteiger partial charge is 0.259 e. The molecule has 0 aliphatic carbocycles. The molecule has 0 saturated heterocycles. The number of amides is 1. The summed E-state index contributed by atoms with van der Waals surface area (Å²) in [6.07, 6.45) is 4.48. The molecule has 1 amide bonds. The maximum Gasteiger partial charge on any atom is 0.259 e. The lowest BCUT2D eigenvalue weighted by Gasteiger charge is -2.12. The number of rotatable bonds is 7. The lowest BCUT2D eigenvalue weighted by Crippen LogP contribution is -2.32. The SMILES string of the molecule is CCCCNC(=O)[C@@H](CC)Sc1nc2ncccc2o1. The molecule has 1 atom stereocenters. The molecule has 0 aromatic carbocycles. The standard InChI is InChI=1S/C14H19N3O2S/c1-3-5-8-16-13(18)11(4-2)20-14-17-12-10(19-14)7-6-9-15-12/h6-7,9,11H,3-5,8H2,1-2H3,(H,16,18)/t11-/m1/s1. The summed E-state index contributed by atoms with van der Waals surface area (Å²) in [7, 11) is 0. The first-order chi connectivity index (χ1) is 9.74. The first-order valence-electron chi connectivity index (χ1n) is 6.90. The van der Waals surface area contributed by atoms with Gasteiger partial charge in [-0.05, 0) is 25.0 Å². The fourth-order valence-electron chi connectivity index (χ4n) is 1.75. The second-order valence-corrected chi connectivity index (χ2v) is 5.62. The van der Waals surface area contributed by atoms with Crippen LogP contribution in [0.2, 0.25) is 0 Å². The van der Waals surface area contributed by atoms with Crippen molar-refractivity contribution >= 4 is 28.9 Å². The van der Waals surface area contributed by atoms with E-state index < -0.39 is 0 Å². The topological polar surface area (TPSA) is 68.0 Å². The largest absolute Gasteiger partial charge is 0.430 e. The number of pyridine rings is 1. The Morgan fingerprint density at radius 2 is 2.35 bits per heavy atom. The summed E-state index contributed by atoms with van der Waals surface area (Å²) in [5.74, 6) is 0.0427.